The fourth-order valence-corrected chi connectivity index (χ4v) is 3.35. The number of aliphatic hydroxyl groups excluding tert-OH is 1. The van der Waals surface area contributed by atoms with Crippen molar-refractivity contribution in [3.63, 3.8) is 0 Å². The smallest absolute Gasteiger partial charge is 0.228 e. The van der Waals surface area contributed by atoms with E-state index >= 15 is 0 Å². The summed E-state index contributed by atoms with van der Waals surface area (Å²) in [5.41, 5.74) is 1.13. The van der Waals surface area contributed by atoms with Crippen LogP contribution in [0.25, 0.3) is 0 Å². The van der Waals surface area contributed by atoms with Gasteiger partial charge in [0.2, 0.25) is 11.8 Å². The van der Waals surface area contributed by atoms with Crippen molar-refractivity contribution in [2.45, 2.75) is 19.3 Å². The Kier molecular flexibility index (Phi) is 5.38. The lowest BCUT2D eigenvalue weighted by Crippen LogP contribution is -2.43. The number of benzene rings is 1. The van der Waals surface area contributed by atoms with Crippen LogP contribution in [0.2, 0.25) is 0 Å². The monoisotopic (exact) mass is 343 g/mol. The van der Waals surface area contributed by atoms with Crippen molar-refractivity contribution < 1.29 is 14.6 Å². The molecule has 2 heterocycles. The molecule has 1 aliphatic heterocycles. The summed E-state index contributed by atoms with van der Waals surface area (Å²) in [5.74, 6) is 2.12. The van der Waals surface area contributed by atoms with E-state index in [1.54, 1.807) is 26.5 Å². The summed E-state index contributed by atoms with van der Waals surface area (Å²) in [7, 11) is 3.27. The normalized spacial score (nSPS) is 16.5. The maximum absolute atomic E-state index is 10.0. The lowest BCUT2D eigenvalue weighted by Gasteiger charge is -2.41. The summed E-state index contributed by atoms with van der Waals surface area (Å²) in [5, 5.41) is 10.0. The SMILES string of the molecule is COc1ccc(CC2(CO)CCN(c3nccc(OC)n3)CC2)cc1. The third-order valence-electron chi connectivity index (χ3n) is 5.01. The number of rotatable bonds is 6. The fourth-order valence-electron chi connectivity index (χ4n) is 3.35. The Bertz CT molecular complexity index is 683. The van der Waals surface area contributed by atoms with Crippen molar-refractivity contribution in [1.82, 2.24) is 9.97 Å². The Balaban J connectivity index is 1.66. The van der Waals surface area contributed by atoms with Crippen LogP contribution < -0.4 is 14.4 Å². The Labute approximate surface area is 148 Å². The molecule has 0 radical (unpaired) electrons. The van der Waals surface area contributed by atoms with Crippen LogP contribution >= 0.6 is 0 Å². The van der Waals surface area contributed by atoms with Crippen LogP contribution in [0.1, 0.15) is 18.4 Å². The van der Waals surface area contributed by atoms with Crippen molar-refractivity contribution in [2.24, 2.45) is 5.41 Å². The van der Waals surface area contributed by atoms with Gasteiger partial charge in [0.1, 0.15) is 5.75 Å². The molecule has 0 atom stereocenters. The molecule has 3 rings (SSSR count). The number of anilines is 1. The first-order valence-electron chi connectivity index (χ1n) is 8.54. The van der Waals surface area contributed by atoms with E-state index in [9.17, 15) is 5.11 Å². The molecule has 0 unspecified atom stereocenters. The molecule has 25 heavy (non-hydrogen) atoms. The van der Waals surface area contributed by atoms with E-state index in [1.165, 1.54) is 5.56 Å². The van der Waals surface area contributed by atoms with E-state index in [0.717, 1.165) is 38.1 Å². The zero-order valence-electron chi connectivity index (χ0n) is 14.8. The third-order valence-corrected chi connectivity index (χ3v) is 5.01. The highest BCUT2D eigenvalue weighted by molar-refractivity contribution is 5.33. The molecule has 0 aliphatic carbocycles. The fraction of sp³-hybridized carbons (Fsp3) is 0.474. The molecule has 2 aromatic rings. The Hall–Kier alpha value is -2.34. The van der Waals surface area contributed by atoms with Crippen LogP contribution in [0.4, 0.5) is 5.95 Å². The second-order valence-corrected chi connectivity index (χ2v) is 6.57. The molecule has 1 fully saturated rings. The van der Waals surface area contributed by atoms with Gasteiger partial charge in [0.05, 0.1) is 14.2 Å². The van der Waals surface area contributed by atoms with E-state index in [-0.39, 0.29) is 12.0 Å². The topological polar surface area (TPSA) is 67.7 Å². The molecule has 134 valence electrons. The molecule has 1 aromatic carbocycles. The first-order chi connectivity index (χ1) is 12.2. The van der Waals surface area contributed by atoms with Crippen LogP contribution in [0.5, 0.6) is 11.6 Å². The number of ether oxygens (including phenoxy) is 2. The van der Waals surface area contributed by atoms with Crippen LogP contribution in [-0.4, -0.2) is 49.0 Å². The van der Waals surface area contributed by atoms with Crippen molar-refractivity contribution in [3.05, 3.63) is 42.1 Å². The first kappa shape index (κ1) is 17.5. The van der Waals surface area contributed by atoms with Crippen molar-refractivity contribution in [2.75, 3.05) is 38.8 Å². The lowest BCUT2D eigenvalue weighted by atomic mass is 9.74. The zero-order chi connectivity index (χ0) is 17.7. The maximum Gasteiger partial charge on any atom is 0.228 e. The standard InChI is InChI=1S/C19H25N3O3/c1-24-16-5-3-15(4-6-16)13-19(14-23)8-11-22(12-9-19)18-20-10-7-17(21-18)25-2/h3-7,10,23H,8-9,11-14H2,1-2H3. The molecule has 6 nitrogen and oxygen atoms in total. The quantitative estimate of drug-likeness (QED) is 0.868. The van der Waals surface area contributed by atoms with Gasteiger partial charge >= 0.3 is 0 Å². The maximum atomic E-state index is 10.0. The Morgan fingerprint density at radius 1 is 1.08 bits per heavy atom. The number of hydrogen-bond acceptors (Lipinski definition) is 6. The van der Waals surface area contributed by atoms with Gasteiger partial charge in [-0.05, 0) is 37.0 Å². The first-order valence-corrected chi connectivity index (χ1v) is 8.54. The van der Waals surface area contributed by atoms with Crippen LogP contribution in [0, 0.1) is 5.41 Å². The number of hydrogen-bond donors (Lipinski definition) is 1. The minimum Gasteiger partial charge on any atom is -0.497 e. The van der Waals surface area contributed by atoms with Gasteiger partial charge in [-0.3, -0.25) is 0 Å². The summed E-state index contributed by atoms with van der Waals surface area (Å²) in [6, 6.07) is 9.84. The average Bonchev–Trinajstić information content (AvgIpc) is 2.69. The van der Waals surface area contributed by atoms with Gasteiger partial charge in [-0.2, -0.15) is 4.98 Å². The lowest BCUT2D eigenvalue weighted by molar-refractivity contribution is 0.0959. The largest absolute Gasteiger partial charge is 0.497 e. The molecular weight excluding hydrogens is 318 g/mol. The Morgan fingerprint density at radius 2 is 1.80 bits per heavy atom. The van der Waals surface area contributed by atoms with Gasteiger partial charge in [-0.1, -0.05) is 12.1 Å². The summed E-state index contributed by atoms with van der Waals surface area (Å²) in [4.78, 5) is 10.9. The molecule has 1 N–H and O–H groups in total. The van der Waals surface area contributed by atoms with Crippen LogP contribution in [-0.2, 0) is 6.42 Å². The minimum atomic E-state index is -0.0933. The second-order valence-electron chi connectivity index (χ2n) is 6.57. The van der Waals surface area contributed by atoms with Crippen LogP contribution in [0.3, 0.4) is 0 Å². The molecule has 6 heteroatoms. The summed E-state index contributed by atoms with van der Waals surface area (Å²) in [6.45, 7) is 1.83. The van der Waals surface area contributed by atoms with E-state index in [1.807, 2.05) is 12.1 Å². The second kappa shape index (κ2) is 7.70. The van der Waals surface area contributed by atoms with Gasteiger partial charge in [0.25, 0.3) is 0 Å². The highest BCUT2D eigenvalue weighted by Crippen LogP contribution is 2.36. The van der Waals surface area contributed by atoms with Gasteiger partial charge in [-0.15, -0.1) is 0 Å². The number of piperidine rings is 1. The number of nitrogens with zero attached hydrogens (tertiary/aromatic N) is 3. The summed E-state index contributed by atoms with van der Waals surface area (Å²) < 4.78 is 10.4. The van der Waals surface area contributed by atoms with Crippen molar-refractivity contribution in [1.29, 1.82) is 0 Å². The average molecular weight is 343 g/mol. The summed E-state index contributed by atoms with van der Waals surface area (Å²) >= 11 is 0. The number of aliphatic hydroxyl groups is 1. The molecule has 1 aromatic heterocycles. The van der Waals surface area contributed by atoms with E-state index in [0.29, 0.717) is 11.8 Å². The van der Waals surface area contributed by atoms with Crippen molar-refractivity contribution in [3.8, 4) is 11.6 Å². The predicted molar refractivity (Wildman–Crippen MR) is 96.2 cm³/mol. The molecule has 0 amide bonds. The third kappa shape index (κ3) is 4.02. The molecule has 0 spiro atoms. The van der Waals surface area contributed by atoms with Gasteiger partial charge in [0, 0.05) is 37.4 Å². The van der Waals surface area contributed by atoms with Crippen LogP contribution in [0.15, 0.2) is 36.5 Å². The highest BCUT2D eigenvalue weighted by atomic mass is 16.5. The van der Waals surface area contributed by atoms with Gasteiger partial charge in [0.15, 0.2) is 0 Å². The highest BCUT2D eigenvalue weighted by Gasteiger charge is 2.35. The van der Waals surface area contributed by atoms with Gasteiger partial charge < -0.3 is 19.5 Å². The molecule has 0 bridgehead atoms. The van der Waals surface area contributed by atoms with E-state index in [2.05, 4.69) is 27.0 Å². The van der Waals surface area contributed by atoms with Gasteiger partial charge in [-0.25, -0.2) is 4.98 Å². The molecule has 1 aliphatic rings. The number of methoxy groups -OCH3 is 2. The molecule has 0 saturated carbocycles. The molecular formula is C19H25N3O3. The number of aromatic nitrogens is 2. The van der Waals surface area contributed by atoms with E-state index in [4.69, 9.17) is 9.47 Å². The Morgan fingerprint density at radius 3 is 2.40 bits per heavy atom. The van der Waals surface area contributed by atoms with E-state index < -0.39 is 0 Å². The molecule has 1 saturated heterocycles. The van der Waals surface area contributed by atoms with Crippen molar-refractivity contribution >= 4 is 5.95 Å². The predicted octanol–water partition coefficient (Wildman–Crippen LogP) is 2.32. The zero-order valence-corrected chi connectivity index (χ0v) is 14.8. The minimum absolute atomic E-state index is 0.0933. The summed E-state index contributed by atoms with van der Waals surface area (Å²) in [6.07, 6.45) is 4.37.